The van der Waals surface area contributed by atoms with Crippen molar-refractivity contribution in [2.75, 3.05) is 33.2 Å². The Labute approximate surface area is 146 Å². The van der Waals surface area contributed by atoms with Crippen LogP contribution in [0.25, 0.3) is 0 Å². The van der Waals surface area contributed by atoms with Gasteiger partial charge in [0.25, 0.3) is 5.91 Å². The first-order valence-electron chi connectivity index (χ1n) is 9.34. The summed E-state index contributed by atoms with van der Waals surface area (Å²) >= 11 is 0. The highest BCUT2D eigenvalue weighted by Crippen LogP contribution is 2.21. The maximum absolute atomic E-state index is 12.7. The fourth-order valence-corrected chi connectivity index (χ4v) is 4.25. The van der Waals surface area contributed by atoms with E-state index in [9.17, 15) is 4.79 Å². The summed E-state index contributed by atoms with van der Waals surface area (Å²) in [5.74, 6) is 0.0980. The van der Waals surface area contributed by atoms with Crippen molar-refractivity contribution in [2.24, 2.45) is 0 Å². The van der Waals surface area contributed by atoms with Crippen molar-refractivity contribution in [2.45, 2.75) is 51.6 Å². The van der Waals surface area contributed by atoms with Gasteiger partial charge in [-0.05, 0) is 77.3 Å². The largest absolute Gasteiger partial charge is 0.348 e. The Kier molecular flexibility index (Phi) is 5.57. The molecule has 3 rings (SSSR count). The van der Waals surface area contributed by atoms with Gasteiger partial charge in [-0.25, -0.2) is 0 Å². The Morgan fingerprint density at radius 1 is 1.08 bits per heavy atom. The van der Waals surface area contributed by atoms with Crippen molar-refractivity contribution in [3.63, 3.8) is 0 Å². The first-order chi connectivity index (χ1) is 11.5. The van der Waals surface area contributed by atoms with E-state index in [4.69, 9.17) is 0 Å². The van der Waals surface area contributed by atoms with Gasteiger partial charge in [0.2, 0.25) is 0 Å². The zero-order valence-corrected chi connectivity index (χ0v) is 15.3. The molecule has 2 aliphatic rings. The number of hydrogen-bond acceptors (Lipinski definition) is 3. The lowest BCUT2D eigenvalue weighted by atomic mass is 9.97. The molecule has 1 aromatic carbocycles. The number of rotatable bonds is 3. The molecular formula is C20H31N3O. The topological polar surface area (TPSA) is 35.6 Å². The molecule has 2 fully saturated rings. The number of carbonyl (C=O) groups is 1. The summed E-state index contributed by atoms with van der Waals surface area (Å²) in [6, 6.07) is 7.04. The fraction of sp³-hybridized carbons (Fsp3) is 0.650. The Balaban J connectivity index is 1.60. The predicted octanol–water partition coefficient (Wildman–Crippen LogP) is 2.59. The van der Waals surface area contributed by atoms with E-state index in [-0.39, 0.29) is 11.9 Å². The minimum Gasteiger partial charge on any atom is -0.348 e. The van der Waals surface area contributed by atoms with Crippen molar-refractivity contribution in [1.82, 2.24) is 15.1 Å². The van der Waals surface area contributed by atoms with E-state index in [1.54, 1.807) is 0 Å². The standard InChI is InChI=1S/C20H31N3O/c1-15-6-4-7-16(2)19(15)20(24)21-17-8-5-11-23(14-17)18-9-12-22(3)13-10-18/h4,6-7,17-18H,5,8-14H2,1-3H3,(H,21,24)/t17-/m1/s1. The van der Waals surface area contributed by atoms with Crippen LogP contribution < -0.4 is 5.32 Å². The molecule has 0 spiro atoms. The van der Waals surface area contributed by atoms with Gasteiger partial charge in [-0.15, -0.1) is 0 Å². The number of piperidine rings is 2. The van der Waals surface area contributed by atoms with Crippen LogP contribution in [0.1, 0.15) is 47.2 Å². The summed E-state index contributed by atoms with van der Waals surface area (Å²) in [6.07, 6.45) is 4.80. The van der Waals surface area contributed by atoms with E-state index < -0.39 is 0 Å². The van der Waals surface area contributed by atoms with Crippen molar-refractivity contribution >= 4 is 5.91 Å². The fourth-order valence-electron chi connectivity index (χ4n) is 4.25. The van der Waals surface area contributed by atoms with E-state index in [1.807, 2.05) is 32.0 Å². The highest BCUT2D eigenvalue weighted by atomic mass is 16.1. The molecule has 24 heavy (non-hydrogen) atoms. The van der Waals surface area contributed by atoms with Gasteiger partial charge in [0.1, 0.15) is 0 Å². The van der Waals surface area contributed by atoms with Gasteiger partial charge in [0, 0.05) is 24.2 Å². The van der Waals surface area contributed by atoms with Crippen molar-refractivity contribution in [3.05, 3.63) is 34.9 Å². The zero-order chi connectivity index (χ0) is 17.1. The quantitative estimate of drug-likeness (QED) is 0.926. The number of benzene rings is 1. The van der Waals surface area contributed by atoms with Crippen LogP contribution in [-0.4, -0.2) is 61.0 Å². The molecule has 4 heteroatoms. The van der Waals surface area contributed by atoms with Gasteiger partial charge < -0.3 is 10.2 Å². The molecule has 2 saturated heterocycles. The average molecular weight is 329 g/mol. The Morgan fingerprint density at radius 3 is 2.42 bits per heavy atom. The molecule has 1 N–H and O–H groups in total. The third-order valence-electron chi connectivity index (χ3n) is 5.70. The van der Waals surface area contributed by atoms with Crippen molar-refractivity contribution < 1.29 is 4.79 Å². The third-order valence-corrected chi connectivity index (χ3v) is 5.70. The molecule has 0 saturated carbocycles. The van der Waals surface area contributed by atoms with Gasteiger partial charge in [-0.1, -0.05) is 18.2 Å². The van der Waals surface area contributed by atoms with Crippen LogP contribution in [0.2, 0.25) is 0 Å². The third kappa shape index (κ3) is 3.98. The molecule has 1 amide bonds. The summed E-state index contributed by atoms with van der Waals surface area (Å²) in [7, 11) is 2.21. The number of carbonyl (C=O) groups excluding carboxylic acids is 1. The molecule has 0 aromatic heterocycles. The van der Waals surface area contributed by atoms with Crippen LogP contribution in [0.15, 0.2) is 18.2 Å². The summed E-state index contributed by atoms with van der Waals surface area (Å²) in [4.78, 5) is 17.8. The van der Waals surface area contributed by atoms with Gasteiger partial charge in [-0.3, -0.25) is 9.69 Å². The van der Waals surface area contributed by atoms with Crippen LogP contribution in [0.3, 0.4) is 0 Å². The minimum atomic E-state index is 0.0980. The number of amides is 1. The summed E-state index contributed by atoms with van der Waals surface area (Å²) < 4.78 is 0. The number of nitrogens with zero attached hydrogens (tertiary/aromatic N) is 2. The number of hydrogen-bond donors (Lipinski definition) is 1. The number of likely N-dealkylation sites (tertiary alicyclic amines) is 2. The van der Waals surface area contributed by atoms with Crippen LogP contribution >= 0.6 is 0 Å². The molecule has 132 valence electrons. The van der Waals surface area contributed by atoms with Gasteiger partial charge >= 0.3 is 0 Å². The maximum Gasteiger partial charge on any atom is 0.252 e. The lowest BCUT2D eigenvalue weighted by Gasteiger charge is -2.41. The summed E-state index contributed by atoms with van der Waals surface area (Å²) in [6.45, 7) is 8.62. The highest BCUT2D eigenvalue weighted by molar-refractivity contribution is 5.97. The monoisotopic (exact) mass is 329 g/mol. The lowest BCUT2D eigenvalue weighted by Crippen LogP contribution is -2.53. The Morgan fingerprint density at radius 2 is 1.75 bits per heavy atom. The van der Waals surface area contributed by atoms with E-state index in [0.717, 1.165) is 29.7 Å². The summed E-state index contributed by atoms with van der Waals surface area (Å²) in [5.41, 5.74) is 2.99. The molecule has 0 bridgehead atoms. The molecule has 4 nitrogen and oxygen atoms in total. The van der Waals surface area contributed by atoms with Crippen LogP contribution in [0, 0.1) is 13.8 Å². The lowest BCUT2D eigenvalue weighted by molar-refractivity contribution is 0.0765. The van der Waals surface area contributed by atoms with E-state index in [1.165, 1.54) is 38.9 Å². The van der Waals surface area contributed by atoms with Gasteiger partial charge in [0.15, 0.2) is 0 Å². The number of nitrogens with one attached hydrogen (secondary N) is 1. The van der Waals surface area contributed by atoms with Gasteiger partial charge in [-0.2, -0.15) is 0 Å². The van der Waals surface area contributed by atoms with Crippen LogP contribution in [-0.2, 0) is 0 Å². The predicted molar refractivity (Wildman–Crippen MR) is 98.5 cm³/mol. The van der Waals surface area contributed by atoms with Crippen LogP contribution in [0.5, 0.6) is 0 Å². The molecular weight excluding hydrogens is 298 g/mol. The second kappa shape index (κ2) is 7.66. The molecule has 0 aliphatic carbocycles. The van der Waals surface area contributed by atoms with E-state index in [2.05, 4.69) is 22.2 Å². The first-order valence-corrected chi connectivity index (χ1v) is 9.34. The Hall–Kier alpha value is -1.39. The average Bonchev–Trinajstić information content (AvgIpc) is 2.55. The highest BCUT2D eigenvalue weighted by Gasteiger charge is 2.29. The maximum atomic E-state index is 12.7. The van der Waals surface area contributed by atoms with E-state index in [0.29, 0.717) is 6.04 Å². The zero-order valence-electron chi connectivity index (χ0n) is 15.3. The Bertz CT molecular complexity index is 558. The molecule has 1 atom stereocenters. The molecule has 2 aliphatic heterocycles. The molecule has 0 radical (unpaired) electrons. The van der Waals surface area contributed by atoms with Crippen molar-refractivity contribution in [1.29, 1.82) is 0 Å². The SMILES string of the molecule is Cc1cccc(C)c1C(=O)N[C@@H]1CCCN(C2CCN(C)CC2)C1. The second-order valence-electron chi connectivity index (χ2n) is 7.61. The van der Waals surface area contributed by atoms with Crippen LogP contribution in [0.4, 0.5) is 0 Å². The molecule has 2 heterocycles. The number of aryl methyl sites for hydroxylation is 2. The molecule has 0 unspecified atom stereocenters. The second-order valence-corrected chi connectivity index (χ2v) is 7.61. The van der Waals surface area contributed by atoms with Gasteiger partial charge in [0.05, 0.1) is 0 Å². The first kappa shape index (κ1) is 17.4. The van der Waals surface area contributed by atoms with E-state index >= 15 is 0 Å². The minimum absolute atomic E-state index is 0.0980. The molecule has 1 aromatic rings. The van der Waals surface area contributed by atoms with Crippen molar-refractivity contribution in [3.8, 4) is 0 Å². The summed E-state index contributed by atoms with van der Waals surface area (Å²) in [5, 5.41) is 3.30. The smallest absolute Gasteiger partial charge is 0.252 e. The normalized spacial score (nSPS) is 24.0.